The monoisotopic (exact) mass is 177 g/mol. The summed E-state index contributed by atoms with van der Waals surface area (Å²) in [7, 11) is 0. The van der Waals surface area contributed by atoms with E-state index in [9.17, 15) is 9.59 Å². The van der Waals surface area contributed by atoms with Gasteiger partial charge in [-0.2, -0.15) is 0 Å². The molecule has 0 rings (SSSR count). The highest BCUT2D eigenvalue weighted by atomic mass is 16.1. The molecule has 1 N–H and O–H groups in total. The number of ketones is 1. The van der Waals surface area contributed by atoms with E-state index >= 15 is 0 Å². The molecule has 68 valence electrons. The van der Waals surface area contributed by atoms with Crippen LogP contribution in [0.4, 0.5) is 0 Å². The average molecular weight is 177 g/mol. The smallest absolute Gasteiger partial charge is 0.211 e. The first-order valence-electron chi connectivity index (χ1n) is 3.71. The van der Waals surface area contributed by atoms with Crippen LogP contribution in [0.25, 0.3) is 0 Å². The Balaban J connectivity index is 4.95. The Kier molecular flexibility index (Phi) is 4.97. The topological polar surface area (TPSA) is 46.2 Å². The van der Waals surface area contributed by atoms with Gasteiger partial charge in [-0.1, -0.05) is 12.0 Å². The molecule has 0 saturated carbocycles. The molecule has 3 heteroatoms. The lowest BCUT2D eigenvalue weighted by Gasteiger charge is -2.05. The first-order chi connectivity index (χ1) is 6.17. The molecule has 0 aromatic carbocycles. The Labute approximate surface area is 77.5 Å². The SMILES string of the molecule is C#C/C=C(NC=O)\C(=C/C)C(C)=O. The van der Waals surface area contributed by atoms with Crippen LogP contribution in [0.15, 0.2) is 23.4 Å². The van der Waals surface area contributed by atoms with Crippen molar-refractivity contribution in [2.45, 2.75) is 13.8 Å². The quantitative estimate of drug-likeness (QED) is 0.298. The van der Waals surface area contributed by atoms with Crippen LogP contribution in [0.1, 0.15) is 13.8 Å². The van der Waals surface area contributed by atoms with Crippen molar-refractivity contribution in [3.63, 3.8) is 0 Å². The Hall–Kier alpha value is -1.82. The molecule has 0 spiro atoms. The number of amides is 1. The molecule has 13 heavy (non-hydrogen) atoms. The third kappa shape index (κ3) is 3.39. The van der Waals surface area contributed by atoms with E-state index in [-0.39, 0.29) is 5.78 Å². The van der Waals surface area contributed by atoms with Crippen molar-refractivity contribution in [1.82, 2.24) is 5.32 Å². The number of carbonyl (C=O) groups is 2. The number of terminal acetylenes is 1. The standard InChI is InChI=1S/C10H11NO2/c1-4-6-10(11-7-12)9(5-2)8(3)13/h1,5-7H,2-3H3,(H,11,12)/b9-5-,10-6+. The summed E-state index contributed by atoms with van der Waals surface area (Å²) < 4.78 is 0. The third-order valence-corrected chi connectivity index (χ3v) is 1.40. The zero-order chi connectivity index (χ0) is 10.3. The van der Waals surface area contributed by atoms with Gasteiger partial charge in [0.15, 0.2) is 5.78 Å². The molecule has 0 heterocycles. The van der Waals surface area contributed by atoms with Crippen molar-refractivity contribution in [2.75, 3.05) is 0 Å². The summed E-state index contributed by atoms with van der Waals surface area (Å²) in [6.45, 7) is 3.11. The van der Waals surface area contributed by atoms with Crippen LogP contribution in [-0.2, 0) is 9.59 Å². The summed E-state index contributed by atoms with van der Waals surface area (Å²) in [5, 5.41) is 2.36. The fourth-order valence-corrected chi connectivity index (χ4v) is 0.892. The maximum absolute atomic E-state index is 11.0. The van der Waals surface area contributed by atoms with Crippen LogP contribution in [0.3, 0.4) is 0 Å². The van der Waals surface area contributed by atoms with Gasteiger partial charge in [-0.15, -0.1) is 6.42 Å². The third-order valence-electron chi connectivity index (χ3n) is 1.40. The summed E-state index contributed by atoms with van der Waals surface area (Å²) in [6, 6.07) is 0. The molecule has 0 aliphatic carbocycles. The predicted octanol–water partition coefficient (Wildman–Crippen LogP) is 0.785. The van der Waals surface area contributed by atoms with Gasteiger partial charge in [0, 0.05) is 11.6 Å². The Morgan fingerprint density at radius 1 is 1.54 bits per heavy atom. The fraction of sp³-hybridized carbons (Fsp3) is 0.200. The van der Waals surface area contributed by atoms with Crippen LogP contribution >= 0.6 is 0 Å². The predicted molar refractivity (Wildman–Crippen MR) is 50.6 cm³/mol. The minimum absolute atomic E-state index is 0.140. The molecule has 0 fully saturated rings. The van der Waals surface area contributed by atoms with E-state index in [4.69, 9.17) is 6.42 Å². The van der Waals surface area contributed by atoms with Crippen molar-refractivity contribution < 1.29 is 9.59 Å². The van der Waals surface area contributed by atoms with Gasteiger partial charge in [0.25, 0.3) is 0 Å². The summed E-state index contributed by atoms with van der Waals surface area (Å²) in [5.41, 5.74) is 0.762. The second kappa shape index (κ2) is 5.78. The molecular weight excluding hydrogens is 166 g/mol. The van der Waals surface area contributed by atoms with E-state index in [1.54, 1.807) is 13.0 Å². The lowest BCUT2D eigenvalue weighted by molar-refractivity contribution is -0.113. The van der Waals surface area contributed by atoms with Gasteiger partial charge < -0.3 is 5.32 Å². The van der Waals surface area contributed by atoms with E-state index in [1.807, 2.05) is 0 Å². The van der Waals surface area contributed by atoms with Gasteiger partial charge in [-0.25, -0.2) is 0 Å². The Morgan fingerprint density at radius 2 is 2.15 bits per heavy atom. The van der Waals surface area contributed by atoms with Gasteiger partial charge in [0.1, 0.15) is 0 Å². The molecule has 0 unspecified atom stereocenters. The average Bonchev–Trinajstić information content (AvgIpc) is 2.05. The molecule has 0 aliphatic rings. The summed E-state index contributed by atoms with van der Waals surface area (Å²) in [6.07, 6.45) is 8.45. The molecule has 1 amide bonds. The normalized spacial score (nSPS) is 11.8. The number of allylic oxidation sites excluding steroid dienone is 3. The van der Waals surface area contributed by atoms with Gasteiger partial charge in [-0.3, -0.25) is 9.59 Å². The largest absolute Gasteiger partial charge is 0.328 e. The maximum Gasteiger partial charge on any atom is 0.211 e. The number of rotatable bonds is 4. The fourth-order valence-electron chi connectivity index (χ4n) is 0.892. The zero-order valence-electron chi connectivity index (χ0n) is 7.63. The minimum Gasteiger partial charge on any atom is -0.328 e. The van der Waals surface area contributed by atoms with Gasteiger partial charge in [0.05, 0.1) is 5.70 Å². The second-order valence-corrected chi connectivity index (χ2v) is 2.25. The first-order valence-corrected chi connectivity index (χ1v) is 3.71. The van der Waals surface area contributed by atoms with Crippen molar-refractivity contribution in [3.8, 4) is 12.3 Å². The van der Waals surface area contributed by atoms with Crippen LogP contribution in [0.5, 0.6) is 0 Å². The molecule has 0 bridgehead atoms. The van der Waals surface area contributed by atoms with E-state index in [0.29, 0.717) is 17.7 Å². The maximum atomic E-state index is 11.0. The number of hydrogen-bond acceptors (Lipinski definition) is 2. The van der Waals surface area contributed by atoms with E-state index < -0.39 is 0 Å². The van der Waals surface area contributed by atoms with Crippen LogP contribution in [0.2, 0.25) is 0 Å². The van der Waals surface area contributed by atoms with Crippen LogP contribution < -0.4 is 5.32 Å². The van der Waals surface area contributed by atoms with Gasteiger partial charge in [0.2, 0.25) is 6.41 Å². The summed E-state index contributed by atoms with van der Waals surface area (Å²) in [5.74, 6) is 2.11. The zero-order valence-corrected chi connectivity index (χ0v) is 7.63. The number of carbonyl (C=O) groups excluding carboxylic acids is 2. The molecule has 3 nitrogen and oxygen atoms in total. The number of hydrogen-bond donors (Lipinski definition) is 1. The molecule has 0 radical (unpaired) electrons. The first kappa shape index (κ1) is 11.2. The van der Waals surface area contributed by atoms with Crippen molar-refractivity contribution >= 4 is 12.2 Å². The molecular formula is C10H11NO2. The lowest BCUT2D eigenvalue weighted by atomic mass is 10.1. The highest BCUT2D eigenvalue weighted by Gasteiger charge is 2.07. The van der Waals surface area contributed by atoms with Crippen LogP contribution in [0, 0.1) is 12.3 Å². The van der Waals surface area contributed by atoms with Gasteiger partial charge >= 0.3 is 0 Å². The summed E-state index contributed by atoms with van der Waals surface area (Å²) >= 11 is 0. The highest BCUT2D eigenvalue weighted by molar-refractivity contribution is 5.98. The highest BCUT2D eigenvalue weighted by Crippen LogP contribution is 2.06. The molecule has 0 aliphatic heterocycles. The Bertz CT molecular complexity index is 305. The second-order valence-electron chi connectivity index (χ2n) is 2.25. The molecule has 0 atom stereocenters. The molecule has 0 aromatic rings. The van der Waals surface area contributed by atoms with E-state index in [1.165, 1.54) is 13.0 Å². The van der Waals surface area contributed by atoms with E-state index in [0.717, 1.165) is 0 Å². The van der Waals surface area contributed by atoms with Crippen molar-refractivity contribution in [1.29, 1.82) is 0 Å². The number of Topliss-reactive ketones (excluding diaryl/α,β-unsaturated/α-hetero) is 1. The van der Waals surface area contributed by atoms with Crippen LogP contribution in [-0.4, -0.2) is 12.2 Å². The molecule has 0 aromatic heterocycles. The number of nitrogens with one attached hydrogen (secondary N) is 1. The Morgan fingerprint density at radius 3 is 2.46 bits per heavy atom. The van der Waals surface area contributed by atoms with Crippen molar-refractivity contribution in [2.24, 2.45) is 0 Å². The molecule has 0 saturated heterocycles. The van der Waals surface area contributed by atoms with Gasteiger partial charge in [-0.05, 0) is 13.8 Å². The van der Waals surface area contributed by atoms with Crippen molar-refractivity contribution in [3.05, 3.63) is 23.4 Å². The summed E-state index contributed by atoms with van der Waals surface area (Å²) in [4.78, 5) is 21.2. The van der Waals surface area contributed by atoms with E-state index in [2.05, 4.69) is 11.2 Å². The lowest BCUT2D eigenvalue weighted by Crippen LogP contribution is -2.15. The minimum atomic E-state index is -0.140.